The fourth-order valence-electron chi connectivity index (χ4n) is 4.03. The van der Waals surface area contributed by atoms with Gasteiger partial charge in [-0.1, -0.05) is 0 Å². The summed E-state index contributed by atoms with van der Waals surface area (Å²) >= 11 is 0. The lowest BCUT2D eigenvalue weighted by molar-refractivity contribution is -0.141. The monoisotopic (exact) mass is 459 g/mol. The smallest absolute Gasteiger partial charge is 0.404 e. The third-order valence-corrected chi connectivity index (χ3v) is 5.59. The van der Waals surface area contributed by atoms with Crippen molar-refractivity contribution in [2.24, 2.45) is 10.7 Å². The molecule has 174 valence electrons. The van der Waals surface area contributed by atoms with Crippen molar-refractivity contribution in [2.75, 3.05) is 18.5 Å². The molecule has 4 rings (SSSR count). The van der Waals surface area contributed by atoms with Crippen molar-refractivity contribution < 1.29 is 13.2 Å². The molecule has 1 aliphatic rings. The Bertz CT molecular complexity index is 1200. The average molecular weight is 459 g/mol. The van der Waals surface area contributed by atoms with E-state index in [9.17, 15) is 13.2 Å². The topological polar surface area (TPSA) is 110 Å². The molecule has 3 N–H and O–H groups in total. The minimum Gasteiger partial charge on any atom is -0.404 e. The number of nitrogens with zero attached hydrogens (tertiary/aromatic N) is 7. The molecule has 1 saturated heterocycles. The summed E-state index contributed by atoms with van der Waals surface area (Å²) in [4.78, 5) is 22.8. The minimum atomic E-state index is -4.57. The van der Waals surface area contributed by atoms with Crippen LogP contribution in [0.1, 0.15) is 19.5 Å². The molecule has 0 aromatic carbocycles. The highest BCUT2D eigenvalue weighted by molar-refractivity contribution is 5.80. The number of hydrogen-bond acceptors (Lipinski definition) is 8. The van der Waals surface area contributed by atoms with Crippen LogP contribution in [-0.4, -0.2) is 62.3 Å². The van der Waals surface area contributed by atoms with E-state index in [-0.39, 0.29) is 29.6 Å². The highest BCUT2D eigenvalue weighted by Gasteiger charge is 2.35. The molecule has 12 heteroatoms. The first-order valence-corrected chi connectivity index (χ1v) is 10.3. The lowest BCUT2D eigenvalue weighted by Crippen LogP contribution is -2.61. The van der Waals surface area contributed by atoms with Crippen molar-refractivity contribution >= 4 is 17.7 Å². The minimum absolute atomic E-state index is 0.0278. The van der Waals surface area contributed by atoms with Gasteiger partial charge in [-0.2, -0.15) is 13.2 Å². The summed E-state index contributed by atoms with van der Waals surface area (Å²) in [7, 11) is 1.69. The lowest BCUT2D eigenvalue weighted by atomic mass is 9.95. The van der Waals surface area contributed by atoms with E-state index < -0.39 is 11.9 Å². The molecule has 0 spiro atoms. The van der Waals surface area contributed by atoms with Gasteiger partial charge in [-0.3, -0.25) is 9.39 Å². The van der Waals surface area contributed by atoms with Gasteiger partial charge in [0.05, 0.1) is 18.4 Å². The predicted molar refractivity (Wildman–Crippen MR) is 119 cm³/mol. The molecule has 1 fully saturated rings. The SMILES string of the molecule is CN=CC(=CN)C1NC(C)CN(c2ccnc(-c3cnc4cnc(C(F)(F)F)cn34)n2)C1C. The number of imidazole rings is 1. The second kappa shape index (κ2) is 8.77. The van der Waals surface area contributed by atoms with Gasteiger partial charge in [0, 0.05) is 56.1 Å². The standard InChI is InChI=1S/C21H24F3N9/c1-12-10-32(13(2)19(30-12)14(6-25)7-26-3)17-4-5-27-20(31-17)15-8-29-18-9-28-16(11-33(15)18)21(22,23)24/h4-9,11-13,19,30H,10,25H2,1-3H3. The molecule has 3 aromatic heterocycles. The molecule has 4 heterocycles. The van der Waals surface area contributed by atoms with Gasteiger partial charge in [0.15, 0.2) is 17.2 Å². The van der Waals surface area contributed by atoms with Crippen LogP contribution in [0.3, 0.4) is 0 Å². The number of nitrogens with two attached hydrogens (primary N) is 1. The molecule has 0 saturated carbocycles. The molecular weight excluding hydrogens is 435 g/mol. The van der Waals surface area contributed by atoms with Crippen LogP contribution in [0.25, 0.3) is 17.2 Å². The first-order chi connectivity index (χ1) is 15.7. The van der Waals surface area contributed by atoms with Crippen molar-refractivity contribution in [1.29, 1.82) is 0 Å². The Kier molecular flexibility index (Phi) is 6.02. The maximum Gasteiger partial charge on any atom is 0.434 e. The number of aliphatic imine (C=N–C) groups is 1. The Morgan fingerprint density at radius 3 is 2.73 bits per heavy atom. The summed E-state index contributed by atoms with van der Waals surface area (Å²) in [5, 5.41) is 3.54. The summed E-state index contributed by atoms with van der Waals surface area (Å²) in [5.74, 6) is 0.912. The number of alkyl halides is 3. The van der Waals surface area contributed by atoms with Crippen LogP contribution in [0.4, 0.5) is 19.0 Å². The van der Waals surface area contributed by atoms with E-state index in [0.29, 0.717) is 18.1 Å². The predicted octanol–water partition coefficient (Wildman–Crippen LogP) is 2.30. The molecule has 9 nitrogen and oxygen atoms in total. The quantitative estimate of drug-likeness (QED) is 0.576. The second-order valence-electron chi connectivity index (χ2n) is 7.87. The maximum absolute atomic E-state index is 13.2. The third-order valence-electron chi connectivity index (χ3n) is 5.59. The third kappa shape index (κ3) is 4.38. The number of nitrogens with one attached hydrogen (secondary N) is 1. The number of anilines is 1. The Morgan fingerprint density at radius 1 is 1.24 bits per heavy atom. The van der Waals surface area contributed by atoms with Crippen LogP contribution >= 0.6 is 0 Å². The van der Waals surface area contributed by atoms with E-state index in [2.05, 4.69) is 42.1 Å². The zero-order valence-electron chi connectivity index (χ0n) is 18.3. The fraction of sp³-hybridized carbons (Fsp3) is 0.381. The number of hydrogen-bond donors (Lipinski definition) is 2. The molecule has 3 atom stereocenters. The van der Waals surface area contributed by atoms with Crippen LogP contribution in [0.5, 0.6) is 0 Å². The highest BCUT2D eigenvalue weighted by Crippen LogP contribution is 2.29. The summed E-state index contributed by atoms with van der Waals surface area (Å²) in [6.07, 6.45) is 3.70. The van der Waals surface area contributed by atoms with E-state index in [4.69, 9.17) is 5.73 Å². The van der Waals surface area contributed by atoms with E-state index in [0.717, 1.165) is 18.0 Å². The largest absolute Gasteiger partial charge is 0.434 e. The summed E-state index contributed by atoms with van der Waals surface area (Å²) in [5.41, 5.74) is 6.28. The first-order valence-electron chi connectivity index (χ1n) is 10.3. The van der Waals surface area contributed by atoms with Crippen LogP contribution < -0.4 is 16.0 Å². The Hall–Kier alpha value is -3.54. The van der Waals surface area contributed by atoms with Gasteiger partial charge in [0.25, 0.3) is 0 Å². The van der Waals surface area contributed by atoms with Crippen molar-refractivity contribution in [3.8, 4) is 11.5 Å². The number of piperazine rings is 1. The van der Waals surface area contributed by atoms with E-state index in [1.54, 1.807) is 25.5 Å². The molecule has 1 aliphatic heterocycles. The maximum atomic E-state index is 13.2. The Morgan fingerprint density at radius 2 is 2.03 bits per heavy atom. The molecule has 3 aromatic rings. The Labute approximate surface area is 188 Å². The fourth-order valence-corrected chi connectivity index (χ4v) is 4.03. The number of halogens is 3. The van der Waals surface area contributed by atoms with Gasteiger partial charge < -0.3 is 16.0 Å². The number of rotatable bonds is 4. The molecule has 0 aliphatic carbocycles. The summed E-state index contributed by atoms with van der Waals surface area (Å²) < 4.78 is 40.8. The van der Waals surface area contributed by atoms with Crippen LogP contribution in [-0.2, 0) is 6.18 Å². The zero-order valence-corrected chi connectivity index (χ0v) is 18.3. The molecule has 3 unspecified atom stereocenters. The lowest BCUT2D eigenvalue weighted by Gasteiger charge is -2.44. The zero-order chi connectivity index (χ0) is 23.8. The normalized spacial score (nSPS) is 22.4. The average Bonchev–Trinajstić information content (AvgIpc) is 3.22. The number of fused-ring (bicyclic) bond motifs is 1. The van der Waals surface area contributed by atoms with Crippen LogP contribution in [0.15, 0.2) is 47.6 Å². The van der Waals surface area contributed by atoms with Crippen molar-refractivity contribution in [1.82, 2.24) is 29.7 Å². The van der Waals surface area contributed by atoms with Gasteiger partial charge in [-0.05, 0) is 19.9 Å². The van der Waals surface area contributed by atoms with Crippen LogP contribution in [0, 0.1) is 0 Å². The number of aromatic nitrogens is 5. The Balaban J connectivity index is 1.72. The van der Waals surface area contributed by atoms with Crippen molar-refractivity contribution in [3.05, 3.63) is 48.3 Å². The van der Waals surface area contributed by atoms with E-state index in [1.807, 2.05) is 6.92 Å². The molecular formula is C21H24F3N9. The van der Waals surface area contributed by atoms with Crippen molar-refractivity contribution in [3.63, 3.8) is 0 Å². The van der Waals surface area contributed by atoms with E-state index >= 15 is 0 Å². The molecule has 0 radical (unpaired) electrons. The second-order valence-corrected chi connectivity index (χ2v) is 7.87. The van der Waals surface area contributed by atoms with Gasteiger partial charge in [-0.25, -0.2) is 19.9 Å². The summed E-state index contributed by atoms with van der Waals surface area (Å²) in [6, 6.07) is 1.79. The van der Waals surface area contributed by atoms with Crippen LogP contribution in [0.2, 0.25) is 0 Å². The highest BCUT2D eigenvalue weighted by atomic mass is 19.4. The molecule has 0 amide bonds. The van der Waals surface area contributed by atoms with Gasteiger partial charge in [0.2, 0.25) is 0 Å². The van der Waals surface area contributed by atoms with Crippen molar-refractivity contribution in [2.45, 2.75) is 38.1 Å². The van der Waals surface area contributed by atoms with Gasteiger partial charge >= 0.3 is 6.18 Å². The molecule has 0 bridgehead atoms. The van der Waals surface area contributed by atoms with Gasteiger partial charge in [0.1, 0.15) is 11.5 Å². The van der Waals surface area contributed by atoms with E-state index in [1.165, 1.54) is 16.8 Å². The van der Waals surface area contributed by atoms with Gasteiger partial charge in [-0.15, -0.1) is 0 Å². The summed E-state index contributed by atoms with van der Waals surface area (Å²) in [6.45, 7) is 4.78. The molecule has 33 heavy (non-hydrogen) atoms. The first kappa shape index (κ1) is 22.6.